The van der Waals surface area contributed by atoms with Gasteiger partial charge in [-0.3, -0.25) is 4.90 Å². The van der Waals surface area contributed by atoms with Crippen molar-refractivity contribution in [2.24, 2.45) is 5.92 Å². The first-order valence-electron chi connectivity index (χ1n) is 6.35. The molecule has 4 heteroatoms. The van der Waals surface area contributed by atoms with E-state index in [-0.39, 0.29) is 24.3 Å². The van der Waals surface area contributed by atoms with E-state index in [1.54, 1.807) is 4.90 Å². The standard InChI is InChI=1S/C13H25NO3/c1-9(2)11-14(10(3)7-8-16-11)12(15)17-13(4,5)6/h9-11H,7-8H2,1-6H3/t10-,11-/m0/s1. The summed E-state index contributed by atoms with van der Waals surface area (Å²) in [6.07, 6.45) is 0.416. The molecular weight excluding hydrogens is 218 g/mol. The minimum Gasteiger partial charge on any atom is -0.444 e. The van der Waals surface area contributed by atoms with Crippen LogP contribution in [0, 0.1) is 5.92 Å². The number of nitrogens with zero attached hydrogens (tertiary/aromatic N) is 1. The van der Waals surface area contributed by atoms with Crippen LogP contribution in [-0.2, 0) is 9.47 Å². The summed E-state index contributed by atoms with van der Waals surface area (Å²) < 4.78 is 11.1. The molecule has 0 radical (unpaired) electrons. The zero-order chi connectivity index (χ0) is 13.2. The smallest absolute Gasteiger partial charge is 0.412 e. The highest BCUT2D eigenvalue weighted by Crippen LogP contribution is 2.25. The fraction of sp³-hybridized carbons (Fsp3) is 0.923. The van der Waals surface area contributed by atoms with E-state index in [1.807, 2.05) is 27.7 Å². The number of amides is 1. The van der Waals surface area contributed by atoms with Gasteiger partial charge in [-0.05, 0) is 40.0 Å². The van der Waals surface area contributed by atoms with E-state index in [1.165, 1.54) is 0 Å². The molecule has 1 saturated heterocycles. The van der Waals surface area contributed by atoms with Gasteiger partial charge >= 0.3 is 6.09 Å². The lowest BCUT2D eigenvalue weighted by molar-refractivity contribution is -0.134. The summed E-state index contributed by atoms with van der Waals surface area (Å²) in [6, 6.07) is 0.172. The summed E-state index contributed by atoms with van der Waals surface area (Å²) in [5, 5.41) is 0. The van der Waals surface area contributed by atoms with Gasteiger partial charge in [-0.15, -0.1) is 0 Å². The van der Waals surface area contributed by atoms with Crippen LogP contribution in [0.5, 0.6) is 0 Å². The molecular formula is C13H25NO3. The van der Waals surface area contributed by atoms with Crippen LogP contribution in [0.4, 0.5) is 4.79 Å². The fourth-order valence-corrected chi connectivity index (χ4v) is 1.94. The molecule has 0 aliphatic carbocycles. The lowest BCUT2D eigenvalue weighted by Gasteiger charge is -2.42. The van der Waals surface area contributed by atoms with Crippen LogP contribution in [-0.4, -0.2) is 35.5 Å². The Labute approximate surface area is 104 Å². The summed E-state index contributed by atoms with van der Waals surface area (Å²) in [5.41, 5.74) is -0.463. The van der Waals surface area contributed by atoms with Crippen molar-refractivity contribution in [3.63, 3.8) is 0 Å². The van der Waals surface area contributed by atoms with Crippen molar-refractivity contribution in [1.29, 1.82) is 0 Å². The molecule has 0 unspecified atom stereocenters. The normalized spacial score (nSPS) is 26.2. The van der Waals surface area contributed by atoms with Crippen molar-refractivity contribution < 1.29 is 14.3 Å². The summed E-state index contributed by atoms with van der Waals surface area (Å²) in [6.45, 7) is 12.5. The molecule has 0 aromatic rings. The summed E-state index contributed by atoms with van der Waals surface area (Å²) >= 11 is 0. The first-order chi connectivity index (χ1) is 7.72. The van der Waals surface area contributed by atoms with Gasteiger partial charge in [0.2, 0.25) is 0 Å². The summed E-state index contributed by atoms with van der Waals surface area (Å²) in [7, 11) is 0. The van der Waals surface area contributed by atoms with Gasteiger partial charge in [0.25, 0.3) is 0 Å². The highest BCUT2D eigenvalue weighted by Gasteiger charge is 2.36. The molecule has 4 nitrogen and oxygen atoms in total. The van der Waals surface area contributed by atoms with Crippen molar-refractivity contribution in [3.05, 3.63) is 0 Å². The van der Waals surface area contributed by atoms with Crippen molar-refractivity contribution in [2.75, 3.05) is 6.61 Å². The van der Waals surface area contributed by atoms with Crippen LogP contribution in [0.3, 0.4) is 0 Å². The van der Waals surface area contributed by atoms with Gasteiger partial charge in [-0.1, -0.05) is 13.8 Å². The Kier molecular flexibility index (Phi) is 4.42. The Morgan fingerprint density at radius 3 is 2.47 bits per heavy atom. The minimum atomic E-state index is -0.463. The topological polar surface area (TPSA) is 38.8 Å². The monoisotopic (exact) mass is 243 g/mol. The number of rotatable bonds is 1. The maximum Gasteiger partial charge on any atom is 0.412 e. The second kappa shape index (κ2) is 5.25. The maximum atomic E-state index is 12.2. The third-order valence-electron chi connectivity index (χ3n) is 2.75. The van der Waals surface area contributed by atoms with E-state index in [9.17, 15) is 4.79 Å². The highest BCUT2D eigenvalue weighted by atomic mass is 16.6. The van der Waals surface area contributed by atoms with Gasteiger partial charge in [-0.25, -0.2) is 4.79 Å². The van der Waals surface area contributed by atoms with Gasteiger partial charge in [0.05, 0.1) is 6.61 Å². The quantitative estimate of drug-likeness (QED) is 0.710. The Morgan fingerprint density at radius 2 is 2.00 bits per heavy atom. The lowest BCUT2D eigenvalue weighted by atomic mass is 10.1. The zero-order valence-corrected chi connectivity index (χ0v) is 11.8. The van der Waals surface area contributed by atoms with E-state index >= 15 is 0 Å². The number of ether oxygens (including phenoxy) is 2. The molecule has 1 fully saturated rings. The average Bonchev–Trinajstić information content (AvgIpc) is 2.13. The SMILES string of the molecule is CC(C)[C@@H]1OCC[C@H](C)N1C(=O)OC(C)(C)C. The molecule has 0 bridgehead atoms. The Morgan fingerprint density at radius 1 is 1.41 bits per heavy atom. The largest absolute Gasteiger partial charge is 0.444 e. The number of hydrogen-bond donors (Lipinski definition) is 0. The van der Waals surface area contributed by atoms with Crippen molar-refractivity contribution in [3.8, 4) is 0 Å². The van der Waals surface area contributed by atoms with Crippen molar-refractivity contribution in [2.45, 2.75) is 65.8 Å². The van der Waals surface area contributed by atoms with Gasteiger partial charge in [0.15, 0.2) is 0 Å². The van der Waals surface area contributed by atoms with Crippen LogP contribution in [0.2, 0.25) is 0 Å². The highest BCUT2D eigenvalue weighted by molar-refractivity contribution is 5.69. The lowest BCUT2D eigenvalue weighted by Crippen LogP contribution is -2.54. The third-order valence-corrected chi connectivity index (χ3v) is 2.75. The molecule has 0 aromatic heterocycles. The first-order valence-corrected chi connectivity index (χ1v) is 6.35. The van der Waals surface area contributed by atoms with Crippen molar-refractivity contribution >= 4 is 6.09 Å². The number of carbonyl (C=O) groups excluding carboxylic acids is 1. The molecule has 0 N–H and O–H groups in total. The number of carbonyl (C=O) groups is 1. The van der Waals surface area contributed by atoms with Gasteiger partial charge < -0.3 is 9.47 Å². The number of hydrogen-bond acceptors (Lipinski definition) is 3. The van der Waals surface area contributed by atoms with Crippen LogP contribution in [0.15, 0.2) is 0 Å². The van der Waals surface area contributed by atoms with E-state index in [4.69, 9.17) is 9.47 Å². The van der Waals surface area contributed by atoms with E-state index in [0.717, 1.165) is 6.42 Å². The van der Waals surface area contributed by atoms with E-state index < -0.39 is 5.60 Å². The average molecular weight is 243 g/mol. The van der Waals surface area contributed by atoms with Gasteiger partial charge in [0, 0.05) is 6.04 Å². The van der Waals surface area contributed by atoms with Gasteiger partial charge in [-0.2, -0.15) is 0 Å². The summed E-state index contributed by atoms with van der Waals surface area (Å²) in [5.74, 6) is 0.269. The molecule has 1 aliphatic heterocycles. The molecule has 100 valence electrons. The third kappa shape index (κ3) is 3.87. The minimum absolute atomic E-state index is 0.172. The molecule has 2 atom stereocenters. The fourth-order valence-electron chi connectivity index (χ4n) is 1.94. The van der Waals surface area contributed by atoms with Crippen LogP contribution >= 0.6 is 0 Å². The molecule has 1 heterocycles. The zero-order valence-electron chi connectivity index (χ0n) is 11.8. The molecule has 0 spiro atoms. The molecule has 17 heavy (non-hydrogen) atoms. The molecule has 0 saturated carbocycles. The molecule has 1 rings (SSSR count). The maximum absolute atomic E-state index is 12.2. The predicted octanol–water partition coefficient (Wildman–Crippen LogP) is 3.01. The van der Waals surface area contributed by atoms with Crippen molar-refractivity contribution in [1.82, 2.24) is 4.90 Å². The van der Waals surface area contributed by atoms with Crippen LogP contribution in [0.1, 0.15) is 48.0 Å². The van der Waals surface area contributed by atoms with E-state index in [2.05, 4.69) is 13.8 Å². The van der Waals surface area contributed by atoms with Crippen LogP contribution < -0.4 is 0 Å². The van der Waals surface area contributed by atoms with Gasteiger partial charge in [0.1, 0.15) is 11.8 Å². The van der Waals surface area contributed by atoms with E-state index in [0.29, 0.717) is 6.61 Å². The molecule has 1 aliphatic rings. The Balaban J connectivity index is 2.78. The second-order valence-corrected chi connectivity index (χ2v) is 6.03. The van der Waals surface area contributed by atoms with Crippen LogP contribution in [0.25, 0.3) is 0 Å². The molecule has 1 amide bonds. The second-order valence-electron chi connectivity index (χ2n) is 6.03. The first kappa shape index (κ1) is 14.3. The summed E-state index contributed by atoms with van der Waals surface area (Å²) in [4.78, 5) is 13.9. The molecule has 0 aromatic carbocycles. The Hall–Kier alpha value is -0.770. The Bertz CT molecular complexity index is 270. The predicted molar refractivity (Wildman–Crippen MR) is 66.7 cm³/mol.